The molecule has 10 rings (SSSR count). The van der Waals surface area contributed by atoms with Crippen molar-refractivity contribution in [3.63, 3.8) is 0 Å². The molecule has 4 saturated heterocycles. The van der Waals surface area contributed by atoms with Crippen LogP contribution in [0.3, 0.4) is 0 Å². The van der Waals surface area contributed by atoms with Crippen molar-refractivity contribution in [1.29, 1.82) is 0 Å². The van der Waals surface area contributed by atoms with Crippen LogP contribution < -0.4 is 17.2 Å². The van der Waals surface area contributed by atoms with E-state index < -0.39 is 117 Å². The minimum Gasteiger partial charge on any atom is -0.387 e. The number of rotatable bonds is 3. The van der Waals surface area contributed by atoms with Gasteiger partial charge < -0.3 is 61.4 Å². The number of nitrogen functional groups attached to an aromatic ring is 3. The second kappa shape index (κ2) is 16.7. The fourth-order valence-electron chi connectivity index (χ4n) is 7.85. The molecular weight excluding hydrogens is 951 g/mol. The molecule has 12 N–H and O–H groups in total. The summed E-state index contributed by atoms with van der Waals surface area (Å²) < 4.78 is 94.9. The van der Waals surface area contributed by atoms with Crippen LogP contribution in [0.1, 0.15) is 18.7 Å². The number of anilines is 3. The molecule has 2 bridgehead atoms. The van der Waals surface area contributed by atoms with E-state index in [1.165, 1.54) is 9.13 Å². The summed E-state index contributed by atoms with van der Waals surface area (Å²) in [5.41, 5.74) is 18.1. The average Bonchev–Trinajstić information content (AvgIpc) is 4.13. The highest BCUT2D eigenvalue weighted by atomic mass is 31.2. The third-order valence-electron chi connectivity index (χ3n) is 10.9. The Morgan fingerprint density at radius 2 is 0.803 bits per heavy atom. The maximum Gasteiger partial charge on any atom is 0.472 e. The molecular formula is C30H36N15O18P3. The molecule has 4 fully saturated rings. The maximum absolute atomic E-state index is 13.8. The van der Waals surface area contributed by atoms with Gasteiger partial charge in [0.2, 0.25) is 0 Å². The number of phosphoric ester groups is 3. The van der Waals surface area contributed by atoms with Crippen molar-refractivity contribution >= 4 is 74.4 Å². The van der Waals surface area contributed by atoms with Crippen molar-refractivity contribution < 1.29 is 85.0 Å². The molecule has 6 aromatic rings. The molecule has 3 unspecified atom stereocenters. The lowest BCUT2D eigenvalue weighted by molar-refractivity contribution is -0.0669. The Labute approximate surface area is 366 Å². The van der Waals surface area contributed by atoms with Gasteiger partial charge in [-0.05, 0) is 0 Å². The van der Waals surface area contributed by atoms with Crippen LogP contribution in [0.4, 0.5) is 17.5 Å². The first-order valence-corrected chi connectivity index (χ1v) is 23.6. The van der Waals surface area contributed by atoms with Crippen LogP contribution in [0.15, 0.2) is 38.0 Å². The minimum absolute atomic E-state index is 0.00102. The van der Waals surface area contributed by atoms with Gasteiger partial charge in [0.25, 0.3) is 0 Å². The molecule has 15 atom stereocenters. The van der Waals surface area contributed by atoms with Gasteiger partial charge in [0.05, 0.1) is 38.8 Å². The zero-order valence-electron chi connectivity index (χ0n) is 33.0. The highest BCUT2D eigenvalue weighted by Gasteiger charge is 2.55. The lowest BCUT2D eigenvalue weighted by Gasteiger charge is -2.26. The van der Waals surface area contributed by atoms with Crippen molar-refractivity contribution in [3.8, 4) is 0 Å². The minimum atomic E-state index is -5.45. The molecule has 6 aromatic heterocycles. The van der Waals surface area contributed by atoms with E-state index in [-0.39, 0.29) is 50.9 Å². The van der Waals surface area contributed by atoms with Crippen LogP contribution in [0.2, 0.25) is 0 Å². The summed E-state index contributed by atoms with van der Waals surface area (Å²) in [4.78, 5) is 69.7. The van der Waals surface area contributed by atoms with Crippen LogP contribution in [0.25, 0.3) is 33.5 Å². The quantitative estimate of drug-likeness (QED) is 0.0831. The van der Waals surface area contributed by atoms with Gasteiger partial charge in [-0.1, -0.05) is 0 Å². The fraction of sp³-hybridized carbons (Fsp3) is 0.500. The van der Waals surface area contributed by atoms with Gasteiger partial charge in [0, 0.05) is 0 Å². The van der Waals surface area contributed by atoms with E-state index in [4.69, 9.17) is 58.6 Å². The number of nitrogens with zero attached hydrogens (tertiary/aromatic N) is 12. The molecule has 33 nitrogen and oxygen atoms in total. The number of aliphatic hydroxyl groups excluding tert-OH is 3. The van der Waals surface area contributed by atoms with E-state index in [0.717, 1.165) is 42.5 Å². The molecule has 0 amide bonds. The van der Waals surface area contributed by atoms with Crippen LogP contribution in [0, 0.1) is 0 Å². The Morgan fingerprint density at radius 1 is 0.470 bits per heavy atom. The smallest absolute Gasteiger partial charge is 0.387 e. The van der Waals surface area contributed by atoms with E-state index in [1.54, 1.807) is 0 Å². The summed E-state index contributed by atoms with van der Waals surface area (Å²) in [5, 5.41) is 34.8. The summed E-state index contributed by atoms with van der Waals surface area (Å²) in [6.45, 7) is -3.05. The lowest BCUT2D eigenvalue weighted by Crippen LogP contribution is -2.37. The molecule has 4 aliphatic rings. The zero-order valence-corrected chi connectivity index (χ0v) is 35.7. The summed E-state index contributed by atoms with van der Waals surface area (Å²) in [7, 11) is -16.3. The SMILES string of the molecule is Nc1ncnc2c1ncn2[C@@H]1O[C@@H]2COP(=O)(O)O[C@@H]3[C@H](O)[C@@H](COP(=O)(O)O[C@H]4[C@@H](O)[C@H](n5cnc6c(N)ncnc65)O[C@@H]4COP(=O)(O)O[C@H]2[C@H]1O)O[C@H]3n1cnc2c(N)ncnc21. The lowest BCUT2D eigenvalue weighted by atomic mass is 10.1. The number of ether oxygens (including phenoxy) is 3. The Bertz CT molecular complexity index is 2960. The number of nitrogens with two attached hydrogens (primary N) is 3. The molecule has 354 valence electrons. The molecule has 66 heavy (non-hydrogen) atoms. The van der Waals surface area contributed by atoms with Crippen molar-refractivity contribution in [2.24, 2.45) is 0 Å². The van der Waals surface area contributed by atoms with Crippen LogP contribution >= 0.6 is 23.5 Å². The van der Waals surface area contributed by atoms with Gasteiger partial charge in [-0.3, -0.25) is 40.8 Å². The monoisotopic (exact) mass is 987 g/mol. The number of hydrogen-bond acceptors (Lipinski definition) is 27. The molecule has 0 spiro atoms. The largest absolute Gasteiger partial charge is 0.472 e. The van der Waals surface area contributed by atoms with Crippen molar-refractivity contribution in [2.75, 3.05) is 37.0 Å². The molecule has 0 aliphatic carbocycles. The predicted octanol–water partition coefficient (Wildman–Crippen LogP) is -2.45. The first kappa shape index (κ1) is 44.9. The Balaban J connectivity index is 1.01. The first-order chi connectivity index (χ1) is 31.4. The zero-order chi connectivity index (χ0) is 46.4. The number of phosphoric acid groups is 3. The van der Waals surface area contributed by atoms with Crippen molar-refractivity contribution in [3.05, 3.63) is 38.0 Å². The number of aliphatic hydroxyl groups is 3. The van der Waals surface area contributed by atoms with E-state index in [9.17, 15) is 43.7 Å². The molecule has 0 saturated carbocycles. The summed E-state index contributed by atoms with van der Waals surface area (Å²) in [6.07, 6.45) is -14.7. The van der Waals surface area contributed by atoms with E-state index in [0.29, 0.717) is 0 Å². The third-order valence-corrected chi connectivity index (χ3v) is 13.8. The summed E-state index contributed by atoms with van der Waals surface area (Å²) >= 11 is 0. The van der Waals surface area contributed by atoms with Gasteiger partial charge in [-0.2, -0.15) is 0 Å². The van der Waals surface area contributed by atoms with Crippen molar-refractivity contribution in [1.82, 2.24) is 58.6 Å². The predicted molar refractivity (Wildman–Crippen MR) is 211 cm³/mol. The molecule has 4 aliphatic heterocycles. The maximum atomic E-state index is 13.8. The van der Waals surface area contributed by atoms with E-state index in [2.05, 4.69) is 44.9 Å². The topological polar surface area (TPSA) is 465 Å². The number of imidazole rings is 3. The Morgan fingerprint density at radius 3 is 1.20 bits per heavy atom. The second-order valence-corrected chi connectivity index (χ2v) is 19.1. The van der Waals surface area contributed by atoms with Gasteiger partial charge in [-0.25, -0.2) is 58.6 Å². The Kier molecular flexibility index (Phi) is 11.4. The van der Waals surface area contributed by atoms with Gasteiger partial charge >= 0.3 is 23.5 Å². The Hall–Kier alpha value is -4.86. The molecule has 0 aromatic carbocycles. The molecule has 0 radical (unpaired) electrons. The van der Waals surface area contributed by atoms with E-state index >= 15 is 0 Å². The second-order valence-electron chi connectivity index (χ2n) is 14.9. The number of fused-ring (bicyclic) bond motifs is 7. The number of aromatic nitrogens is 12. The van der Waals surface area contributed by atoms with Gasteiger partial charge in [0.15, 0.2) is 53.1 Å². The van der Waals surface area contributed by atoms with Gasteiger partial charge in [0.1, 0.15) is 90.5 Å². The van der Waals surface area contributed by atoms with Gasteiger partial charge in [-0.15, -0.1) is 0 Å². The van der Waals surface area contributed by atoms with Crippen LogP contribution in [0.5, 0.6) is 0 Å². The average molecular weight is 988 g/mol. The number of hydrogen-bond donors (Lipinski definition) is 9. The highest BCUT2D eigenvalue weighted by Crippen LogP contribution is 2.55. The third kappa shape index (κ3) is 8.10. The summed E-state index contributed by atoms with van der Waals surface area (Å²) in [6, 6.07) is 0. The standard InChI is InChI=1S/C30H36N15O18P3/c31-22-13-25(37-4-34-22)43(7-40-13)28-17(47)19-11(59-28)2-56-65(51,52)62-20-12(60-29(18(20)48)44-8-41-14-23(32)35-5-38-26(14)44)3-57-66(53,54)63-21-16(46)10(1-55-64(49,50)61-19)58-30(21)45-9-42-15-24(33)36-6-39-27(15)45/h4-12,16-21,28-30,46-48H,1-3H2,(H,49,50)(H,51,52)(H,53,54)(H2,31,34,37)(H2,32,35,38)(H2,33,36,39)/t10-,11-,12-,16-,17-,18-,19-,20-,21-,28-,29-,30-/m1/s1. The van der Waals surface area contributed by atoms with Crippen LogP contribution in [-0.2, 0) is 55.0 Å². The fourth-order valence-corrected chi connectivity index (χ4v) is 10.7. The van der Waals surface area contributed by atoms with Crippen molar-refractivity contribution in [2.45, 2.75) is 73.6 Å². The van der Waals surface area contributed by atoms with E-state index in [1.807, 2.05) is 0 Å². The van der Waals surface area contributed by atoms with Crippen LogP contribution in [-0.4, -0.2) is 163 Å². The highest BCUT2D eigenvalue weighted by molar-refractivity contribution is 7.48. The first-order valence-electron chi connectivity index (χ1n) is 19.2. The molecule has 36 heteroatoms. The molecule has 10 heterocycles. The summed E-state index contributed by atoms with van der Waals surface area (Å²) in [5.74, 6) is -0.157. The normalized spacial score (nSPS) is 38.3.